The molecule has 1 aliphatic heterocycles. The van der Waals surface area contributed by atoms with Crippen LogP contribution < -0.4 is 11.1 Å². The number of rotatable bonds is 6. The summed E-state index contributed by atoms with van der Waals surface area (Å²) < 4.78 is 5.34. The lowest BCUT2D eigenvalue weighted by Gasteiger charge is -2.17. The number of hydrogen-bond donors (Lipinski definition) is 2. The Hall–Kier alpha value is -2.08. The van der Waals surface area contributed by atoms with Crippen LogP contribution in [0.4, 0.5) is 4.79 Å². The Labute approximate surface area is 130 Å². The third-order valence-corrected chi connectivity index (χ3v) is 3.82. The van der Waals surface area contributed by atoms with Crippen molar-refractivity contribution in [3.63, 3.8) is 0 Å². The third kappa shape index (κ3) is 4.46. The summed E-state index contributed by atoms with van der Waals surface area (Å²) in [5.74, 6) is -0.552. The van der Waals surface area contributed by atoms with E-state index in [0.29, 0.717) is 39.3 Å². The Morgan fingerprint density at radius 2 is 2.00 bits per heavy atom. The van der Waals surface area contributed by atoms with Crippen molar-refractivity contribution < 1.29 is 14.3 Å². The number of likely N-dealkylation sites (tertiary alicyclic amines) is 1. The van der Waals surface area contributed by atoms with E-state index >= 15 is 0 Å². The molecule has 22 heavy (non-hydrogen) atoms. The molecule has 6 nitrogen and oxygen atoms in total. The minimum atomic E-state index is -0.333. The van der Waals surface area contributed by atoms with Crippen LogP contribution in [0.5, 0.6) is 0 Å². The second-order valence-corrected chi connectivity index (χ2v) is 5.45. The van der Waals surface area contributed by atoms with Gasteiger partial charge in [0.05, 0.1) is 12.5 Å². The smallest absolute Gasteiger partial charge is 0.317 e. The van der Waals surface area contributed by atoms with Crippen molar-refractivity contribution in [1.82, 2.24) is 10.2 Å². The molecule has 120 valence electrons. The molecule has 0 spiro atoms. The van der Waals surface area contributed by atoms with Crippen molar-refractivity contribution in [3.8, 4) is 0 Å². The highest BCUT2D eigenvalue weighted by Gasteiger charge is 2.29. The molecule has 1 aromatic rings. The summed E-state index contributed by atoms with van der Waals surface area (Å²) in [6.45, 7) is 4.71. The second-order valence-electron chi connectivity index (χ2n) is 5.45. The number of nitrogens with two attached hydrogens (primary N) is 1. The first-order chi connectivity index (χ1) is 10.6. The molecule has 0 aliphatic carbocycles. The van der Waals surface area contributed by atoms with E-state index in [1.807, 2.05) is 31.2 Å². The molecule has 0 bridgehead atoms. The van der Waals surface area contributed by atoms with Crippen LogP contribution in [0.2, 0.25) is 0 Å². The van der Waals surface area contributed by atoms with Gasteiger partial charge in [0.1, 0.15) is 0 Å². The number of carbonyl (C=O) groups excluding carboxylic acids is 2. The van der Waals surface area contributed by atoms with Gasteiger partial charge in [-0.25, -0.2) is 4.79 Å². The molecule has 1 saturated heterocycles. The molecule has 3 amide bonds. The van der Waals surface area contributed by atoms with E-state index in [4.69, 9.17) is 10.5 Å². The number of primary amides is 1. The van der Waals surface area contributed by atoms with Crippen LogP contribution in [0.15, 0.2) is 24.3 Å². The topological polar surface area (TPSA) is 84.7 Å². The van der Waals surface area contributed by atoms with E-state index in [2.05, 4.69) is 5.32 Å². The second kappa shape index (κ2) is 7.79. The molecule has 1 aliphatic rings. The van der Waals surface area contributed by atoms with Crippen molar-refractivity contribution in [3.05, 3.63) is 35.4 Å². The highest BCUT2D eigenvalue weighted by molar-refractivity contribution is 5.80. The number of urea groups is 1. The van der Waals surface area contributed by atoms with Gasteiger partial charge in [-0.15, -0.1) is 0 Å². The third-order valence-electron chi connectivity index (χ3n) is 3.82. The van der Waals surface area contributed by atoms with E-state index in [-0.39, 0.29) is 17.9 Å². The Morgan fingerprint density at radius 3 is 2.59 bits per heavy atom. The zero-order chi connectivity index (χ0) is 15.9. The first kappa shape index (κ1) is 16.3. The molecule has 6 heteroatoms. The maximum Gasteiger partial charge on any atom is 0.317 e. The van der Waals surface area contributed by atoms with Crippen molar-refractivity contribution in [2.45, 2.75) is 26.5 Å². The van der Waals surface area contributed by atoms with E-state index in [9.17, 15) is 9.59 Å². The van der Waals surface area contributed by atoms with Gasteiger partial charge in [0.25, 0.3) is 0 Å². The van der Waals surface area contributed by atoms with E-state index in [1.165, 1.54) is 0 Å². The van der Waals surface area contributed by atoms with Crippen LogP contribution in [0, 0.1) is 5.92 Å². The van der Waals surface area contributed by atoms with Crippen LogP contribution in [0.3, 0.4) is 0 Å². The molecule has 1 aromatic carbocycles. The Balaban J connectivity index is 1.78. The van der Waals surface area contributed by atoms with Gasteiger partial charge in [-0.05, 0) is 24.5 Å². The maximum atomic E-state index is 12.0. The summed E-state index contributed by atoms with van der Waals surface area (Å²) in [5, 5.41) is 2.87. The average molecular weight is 305 g/mol. The lowest BCUT2D eigenvalue weighted by molar-refractivity contribution is -0.121. The molecule has 0 unspecified atom stereocenters. The fourth-order valence-electron chi connectivity index (χ4n) is 2.44. The molecule has 2 rings (SSSR count). The summed E-state index contributed by atoms with van der Waals surface area (Å²) >= 11 is 0. The lowest BCUT2D eigenvalue weighted by Crippen LogP contribution is -2.39. The van der Waals surface area contributed by atoms with Crippen molar-refractivity contribution in [2.24, 2.45) is 11.7 Å². The fourth-order valence-corrected chi connectivity index (χ4v) is 2.44. The molecular formula is C16H23N3O3. The summed E-state index contributed by atoms with van der Waals surface area (Å²) in [7, 11) is 0. The SMILES string of the molecule is CCOCc1ccc(CNC(=O)N2CC[C@@H](C(N)=O)C2)cc1. The van der Waals surface area contributed by atoms with Gasteiger partial charge in [0.15, 0.2) is 0 Å². The predicted octanol–water partition coefficient (Wildman–Crippen LogP) is 1.24. The van der Waals surface area contributed by atoms with E-state index < -0.39 is 0 Å². The van der Waals surface area contributed by atoms with Gasteiger partial charge >= 0.3 is 6.03 Å². The molecule has 0 aromatic heterocycles. The van der Waals surface area contributed by atoms with Crippen molar-refractivity contribution in [2.75, 3.05) is 19.7 Å². The lowest BCUT2D eigenvalue weighted by atomic mass is 10.1. The summed E-state index contributed by atoms with van der Waals surface area (Å²) in [6, 6.07) is 7.80. The van der Waals surface area contributed by atoms with Gasteiger partial charge in [0.2, 0.25) is 5.91 Å². The first-order valence-corrected chi connectivity index (χ1v) is 7.57. The van der Waals surface area contributed by atoms with Crippen LogP contribution in [0.25, 0.3) is 0 Å². The highest BCUT2D eigenvalue weighted by atomic mass is 16.5. The molecule has 1 atom stereocenters. The van der Waals surface area contributed by atoms with Crippen LogP contribution in [-0.2, 0) is 22.7 Å². The predicted molar refractivity (Wildman–Crippen MR) is 82.9 cm³/mol. The zero-order valence-electron chi connectivity index (χ0n) is 12.9. The fraction of sp³-hybridized carbons (Fsp3) is 0.500. The van der Waals surface area contributed by atoms with Crippen LogP contribution >= 0.6 is 0 Å². The Morgan fingerprint density at radius 1 is 1.32 bits per heavy atom. The van der Waals surface area contributed by atoms with Crippen LogP contribution in [-0.4, -0.2) is 36.5 Å². The number of amides is 3. The summed E-state index contributed by atoms with van der Waals surface area (Å²) in [6.07, 6.45) is 0.648. The molecule has 0 radical (unpaired) electrons. The first-order valence-electron chi connectivity index (χ1n) is 7.57. The number of nitrogens with zero attached hydrogens (tertiary/aromatic N) is 1. The van der Waals surface area contributed by atoms with Gasteiger partial charge < -0.3 is 20.7 Å². The number of hydrogen-bond acceptors (Lipinski definition) is 3. The molecule has 1 heterocycles. The monoisotopic (exact) mass is 305 g/mol. The molecule has 0 saturated carbocycles. The molecule has 1 fully saturated rings. The standard InChI is InChI=1S/C16H23N3O3/c1-2-22-11-13-5-3-12(4-6-13)9-18-16(21)19-8-7-14(10-19)15(17)20/h3-6,14H,2,7-11H2,1H3,(H2,17,20)(H,18,21)/t14-/m1/s1. The van der Waals surface area contributed by atoms with Gasteiger partial charge in [0, 0.05) is 26.2 Å². The quantitative estimate of drug-likeness (QED) is 0.829. The number of nitrogens with one attached hydrogen (secondary N) is 1. The minimum absolute atomic E-state index is 0.151. The average Bonchev–Trinajstić information content (AvgIpc) is 3.02. The zero-order valence-corrected chi connectivity index (χ0v) is 12.9. The normalized spacial score (nSPS) is 17.5. The van der Waals surface area contributed by atoms with Crippen LogP contribution in [0.1, 0.15) is 24.5 Å². The molecular weight excluding hydrogens is 282 g/mol. The molecule has 3 N–H and O–H groups in total. The summed E-state index contributed by atoms with van der Waals surface area (Å²) in [4.78, 5) is 24.8. The van der Waals surface area contributed by atoms with Gasteiger partial charge in [-0.1, -0.05) is 24.3 Å². The number of ether oxygens (including phenoxy) is 1. The number of carbonyl (C=O) groups is 2. The van der Waals surface area contributed by atoms with Crippen molar-refractivity contribution in [1.29, 1.82) is 0 Å². The highest BCUT2D eigenvalue weighted by Crippen LogP contribution is 2.15. The minimum Gasteiger partial charge on any atom is -0.377 e. The summed E-state index contributed by atoms with van der Waals surface area (Å²) in [5.41, 5.74) is 7.41. The largest absolute Gasteiger partial charge is 0.377 e. The Kier molecular flexibility index (Phi) is 5.77. The Bertz CT molecular complexity index is 516. The van der Waals surface area contributed by atoms with E-state index in [0.717, 1.165) is 11.1 Å². The van der Waals surface area contributed by atoms with E-state index in [1.54, 1.807) is 4.90 Å². The maximum absolute atomic E-state index is 12.0. The van der Waals surface area contributed by atoms with Crippen molar-refractivity contribution >= 4 is 11.9 Å². The van der Waals surface area contributed by atoms with Gasteiger partial charge in [-0.2, -0.15) is 0 Å². The number of benzene rings is 1. The van der Waals surface area contributed by atoms with Gasteiger partial charge in [-0.3, -0.25) is 4.79 Å².